The highest BCUT2D eigenvalue weighted by Gasteiger charge is 2.31. The van der Waals surface area contributed by atoms with Crippen LogP contribution in [0.1, 0.15) is 37.0 Å². The zero-order valence-corrected chi connectivity index (χ0v) is 8.94. The highest BCUT2D eigenvalue weighted by molar-refractivity contribution is 5.05. The van der Waals surface area contributed by atoms with E-state index >= 15 is 0 Å². The molecule has 1 aromatic rings. The van der Waals surface area contributed by atoms with Crippen molar-refractivity contribution in [1.29, 1.82) is 0 Å². The Hall–Kier alpha value is -1.10. The zero-order valence-electron chi connectivity index (χ0n) is 8.94. The number of rotatable bonds is 2. The van der Waals surface area contributed by atoms with E-state index in [0.29, 0.717) is 12.0 Å². The van der Waals surface area contributed by atoms with Crippen LogP contribution in [0.4, 0.5) is 0 Å². The lowest BCUT2D eigenvalue weighted by atomic mass is 9.84. The summed E-state index contributed by atoms with van der Waals surface area (Å²) in [6.07, 6.45) is 3.66. The Bertz CT molecular complexity index is 425. The zero-order chi connectivity index (χ0) is 10.4. The van der Waals surface area contributed by atoms with E-state index in [1.165, 1.54) is 23.9 Å². The van der Waals surface area contributed by atoms with Crippen LogP contribution in [-0.2, 0) is 7.05 Å². The second-order valence-electron chi connectivity index (χ2n) is 4.57. The summed E-state index contributed by atoms with van der Waals surface area (Å²) in [5, 5.41) is 7.58. The molecule has 0 bridgehead atoms. The van der Waals surface area contributed by atoms with Gasteiger partial charge in [0.05, 0.1) is 6.04 Å². The molecule has 5 nitrogen and oxygen atoms in total. The van der Waals surface area contributed by atoms with E-state index in [1.54, 1.807) is 7.05 Å². The number of hydrogen-bond donors (Lipinski definition) is 1. The Kier molecular flexibility index (Phi) is 1.95. The first kappa shape index (κ1) is 9.15. The monoisotopic (exact) mass is 208 g/mol. The van der Waals surface area contributed by atoms with Crippen molar-refractivity contribution in [2.24, 2.45) is 7.05 Å². The van der Waals surface area contributed by atoms with Crippen LogP contribution in [0.25, 0.3) is 0 Å². The predicted molar refractivity (Wildman–Crippen MR) is 56.0 cm³/mol. The van der Waals surface area contributed by atoms with Crippen molar-refractivity contribution in [3.05, 3.63) is 16.3 Å². The molecule has 0 radical (unpaired) electrons. The largest absolute Gasteiger partial charge is 0.346 e. The standard InChI is InChI=1S/C10H16N4O/c1-13-10(15)14(8-5-11-6-8)9(12-13)7-3-2-4-7/h7-8,11H,2-6H2,1H3. The molecule has 3 rings (SSSR count). The molecular formula is C10H16N4O. The van der Waals surface area contributed by atoms with Crippen LogP contribution in [0.15, 0.2) is 4.79 Å². The maximum Gasteiger partial charge on any atom is 0.346 e. The molecule has 1 aromatic heterocycles. The molecule has 0 unspecified atom stereocenters. The molecule has 1 aliphatic carbocycles. The molecule has 1 saturated heterocycles. The molecule has 0 amide bonds. The van der Waals surface area contributed by atoms with Gasteiger partial charge in [-0.2, -0.15) is 5.10 Å². The van der Waals surface area contributed by atoms with Crippen molar-refractivity contribution in [2.45, 2.75) is 31.2 Å². The van der Waals surface area contributed by atoms with Gasteiger partial charge in [-0.3, -0.25) is 4.57 Å². The lowest BCUT2D eigenvalue weighted by molar-refractivity contribution is 0.303. The first-order valence-electron chi connectivity index (χ1n) is 5.63. The van der Waals surface area contributed by atoms with Crippen LogP contribution in [-0.4, -0.2) is 27.4 Å². The summed E-state index contributed by atoms with van der Waals surface area (Å²) in [4.78, 5) is 11.9. The second kappa shape index (κ2) is 3.20. The molecule has 5 heteroatoms. The van der Waals surface area contributed by atoms with E-state index in [0.717, 1.165) is 18.9 Å². The van der Waals surface area contributed by atoms with E-state index in [2.05, 4.69) is 10.4 Å². The van der Waals surface area contributed by atoms with Crippen molar-refractivity contribution >= 4 is 0 Å². The van der Waals surface area contributed by atoms with Crippen molar-refractivity contribution < 1.29 is 0 Å². The summed E-state index contributed by atoms with van der Waals surface area (Å²) in [7, 11) is 1.74. The third-order valence-electron chi connectivity index (χ3n) is 3.58. The van der Waals surface area contributed by atoms with Gasteiger partial charge in [-0.15, -0.1) is 0 Å². The van der Waals surface area contributed by atoms with Gasteiger partial charge in [-0.1, -0.05) is 6.42 Å². The van der Waals surface area contributed by atoms with Crippen LogP contribution >= 0.6 is 0 Å². The number of nitrogens with one attached hydrogen (secondary N) is 1. The van der Waals surface area contributed by atoms with Crippen LogP contribution in [0, 0.1) is 0 Å². The number of nitrogens with zero attached hydrogens (tertiary/aromatic N) is 3. The minimum atomic E-state index is 0.0448. The van der Waals surface area contributed by atoms with Crippen LogP contribution in [0.5, 0.6) is 0 Å². The molecule has 0 atom stereocenters. The normalized spacial score (nSPS) is 22.5. The fraction of sp³-hybridized carbons (Fsp3) is 0.800. The average molecular weight is 208 g/mol. The molecule has 82 valence electrons. The van der Waals surface area contributed by atoms with Crippen molar-refractivity contribution in [1.82, 2.24) is 19.7 Å². The Morgan fingerprint density at radius 2 is 2.13 bits per heavy atom. The highest BCUT2D eigenvalue weighted by Crippen LogP contribution is 2.35. The van der Waals surface area contributed by atoms with Gasteiger partial charge in [0, 0.05) is 26.1 Å². The van der Waals surface area contributed by atoms with Gasteiger partial charge in [0.25, 0.3) is 0 Å². The number of aryl methyl sites for hydroxylation is 1. The Morgan fingerprint density at radius 1 is 1.40 bits per heavy atom. The highest BCUT2D eigenvalue weighted by atomic mass is 16.2. The number of hydrogen-bond acceptors (Lipinski definition) is 3. The fourth-order valence-electron chi connectivity index (χ4n) is 2.24. The van der Waals surface area contributed by atoms with Crippen molar-refractivity contribution in [3.63, 3.8) is 0 Å². The molecule has 2 fully saturated rings. The molecule has 0 spiro atoms. The van der Waals surface area contributed by atoms with Gasteiger partial charge in [0.15, 0.2) is 0 Å². The third kappa shape index (κ3) is 1.26. The van der Waals surface area contributed by atoms with E-state index in [1.807, 2.05) is 4.57 Å². The first-order chi connectivity index (χ1) is 7.27. The maximum absolute atomic E-state index is 11.9. The fourth-order valence-corrected chi connectivity index (χ4v) is 2.24. The van der Waals surface area contributed by atoms with Gasteiger partial charge >= 0.3 is 5.69 Å². The lowest BCUT2D eigenvalue weighted by Gasteiger charge is -2.32. The molecule has 1 aliphatic heterocycles. The third-order valence-corrected chi connectivity index (χ3v) is 3.58. The summed E-state index contributed by atoms with van der Waals surface area (Å²) in [6.45, 7) is 1.82. The minimum absolute atomic E-state index is 0.0448. The molecule has 2 aliphatic rings. The molecule has 0 aromatic carbocycles. The quantitative estimate of drug-likeness (QED) is 0.744. The maximum atomic E-state index is 11.9. The lowest BCUT2D eigenvalue weighted by Crippen LogP contribution is -2.47. The van der Waals surface area contributed by atoms with Crippen LogP contribution in [0.3, 0.4) is 0 Å². The summed E-state index contributed by atoms with van der Waals surface area (Å²) in [6, 6.07) is 0.335. The van der Waals surface area contributed by atoms with Gasteiger partial charge < -0.3 is 5.32 Å². The summed E-state index contributed by atoms with van der Waals surface area (Å²) in [5.74, 6) is 1.54. The Balaban J connectivity index is 2.03. The van der Waals surface area contributed by atoms with Crippen molar-refractivity contribution in [3.8, 4) is 0 Å². The molecule has 2 heterocycles. The topological polar surface area (TPSA) is 51.9 Å². The van der Waals surface area contributed by atoms with Gasteiger partial charge in [0.1, 0.15) is 5.82 Å². The van der Waals surface area contributed by atoms with Crippen LogP contribution < -0.4 is 11.0 Å². The molecule has 1 N–H and O–H groups in total. The minimum Gasteiger partial charge on any atom is -0.313 e. The van der Waals surface area contributed by atoms with E-state index in [-0.39, 0.29) is 5.69 Å². The SMILES string of the molecule is Cn1nc(C2CCC2)n(C2CNC2)c1=O. The molecule has 15 heavy (non-hydrogen) atoms. The molecule has 1 saturated carbocycles. The van der Waals surface area contributed by atoms with E-state index in [4.69, 9.17) is 0 Å². The van der Waals surface area contributed by atoms with Gasteiger partial charge in [-0.25, -0.2) is 9.48 Å². The Morgan fingerprint density at radius 3 is 2.60 bits per heavy atom. The average Bonchev–Trinajstić information content (AvgIpc) is 2.27. The smallest absolute Gasteiger partial charge is 0.313 e. The summed E-state index contributed by atoms with van der Waals surface area (Å²) < 4.78 is 3.38. The number of aromatic nitrogens is 3. The second-order valence-corrected chi connectivity index (χ2v) is 4.57. The van der Waals surface area contributed by atoms with Gasteiger partial charge in [0.2, 0.25) is 0 Å². The molecular weight excluding hydrogens is 192 g/mol. The first-order valence-corrected chi connectivity index (χ1v) is 5.63. The van der Waals surface area contributed by atoms with E-state index in [9.17, 15) is 4.79 Å². The van der Waals surface area contributed by atoms with Crippen LogP contribution in [0.2, 0.25) is 0 Å². The van der Waals surface area contributed by atoms with E-state index < -0.39 is 0 Å². The van der Waals surface area contributed by atoms with Crippen molar-refractivity contribution in [2.75, 3.05) is 13.1 Å². The predicted octanol–water partition coefficient (Wildman–Crippen LogP) is -0.00640. The summed E-state index contributed by atoms with van der Waals surface area (Å²) >= 11 is 0. The van der Waals surface area contributed by atoms with Gasteiger partial charge in [-0.05, 0) is 12.8 Å². The summed E-state index contributed by atoms with van der Waals surface area (Å²) in [5.41, 5.74) is 0.0448. The Labute approximate surface area is 88.1 Å².